The summed E-state index contributed by atoms with van der Waals surface area (Å²) in [7, 11) is -3.48. The first-order chi connectivity index (χ1) is 16.4. The zero-order valence-corrected chi connectivity index (χ0v) is 21.3. The molecule has 0 spiro atoms. The van der Waals surface area contributed by atoms with Crippen molar-refractivity contribution < 1.29 is 13.2 Å². The fourth-order valence-electron chi connectivity index (χ4n) is 6.63. The van der Waals surface area contributed by atoms with Gasteiger partial charge in [-0.1, -0.05) is 13.3 Å². The third kappa shape index (κ3) is 4.51. The molecule has 0 radical (unpaired) electrons. The average molecular weight is 487 g/mol. The molecule has 1 aromatic carbocycles. The van der Waals surface area contributed by atoms with Crippen LogP contribution in [0.3, 0.4) is 0 Å². The predicted octanol–water partition coefficient (Wildman–Crippen LogP) is 4.10. The molecule has 3 aliphatic rings. The number of sulfonamides is 1. The van der Waals surface area contributed by atoms with Crippen LogP contribution < -0.4 is 5.32 Å². The number of carbonyl (C=O) groups is 1. The highest BCUT2D eigenvalue weighted by Crippen LogP contribution is 2.49. The molecule has 4 atom stereocenters. The number of hydrogen-bond donors (Lipinski definition) is 1. The van der Waals surface area contributed by atoms with Crippen molar-refractivity contribution in [3.8, 4) is 0 Å². The van der Waals surface area contributed by atoms with Crippen LogP contribution in [0.4, 0.5) is 0 Å². The molecule has 2 aliphatic carbocycles. The Kier molecular flexibility index (Phi) is 6.73. The van der Waals surface area contributed by atoms with E-state index in [0.717, 1.165) is 49.0 Å². The van der Waals surface area contributed by atoms with Gasteiger partial charge in [0.1, 0.15) is 5.82 Å². The smallest absolute Gasteiger partial charge is 0.243 e. The SMILES string of the molecule is CCCn1c(CCC(=O)NC(C)C2CC3CCC2C3)nc2cc(S(=O)(=O)N3CCCC3)ccc21. The Balaban J connectivity index is 1.29. The lowest BCUT2D eigenvalue weighted by Crippen LogP contribution is -2.40. The van der Waals surface area contributed by atoms with E-state index in [-0.39, 0.29) is 11.9 Å². The number of fused-ring (bicyclic) bond motifs is 3. The van der Waals surface area contributed by atoms with Crippen molar-refractivity contribution in [2.45, 2.75) is 89.1 Å². The first kappa shape index (κ1) is 23.8. The molecule has 1 N–H and O–H groups in total. The number of nitrogens with one attached hydrogen (secondary N) is 1. The number of carbonyl (C=O) groups excluding carboxylic acids is 1. The van der Waals surface area contributed by atoms with Gasteiger partial charge in [0.05, 0.1) is 15.9 Å². The van der Waals surface area contributed by atoms with Gasteiger partial charge in [-0.3, -0.25) is 4.79 Å². The average Bonchev–Trinajstić information content (AvgIpc) is 3.62. The second kappa shape index (κ2) is 9.61. The number of aromatic nitrogens is 2. The molecule has 5 rings (SSSR count). The topological polar surface area (TPSA) is 84.3 Å². The van der Waals surface area contributed by atoms with Gasteiger partial charge in [-0.15, -0.1) is 0 Å². The van der Waals surface area contributed by atoms with Crippen LogP contribution in [0.2, 0.25) is 0 Å². The van der Waals surface area contributed by atoms with Crippen molar-refractivity contribution in [3.05, 3.63) is 24.0 Å². The van der Waals surface area contributed by atoms with Crippen molar-refractivity contribution >= 4 is 27.0 Å². The Hall–Kier alpha value is -1.93. The highest BCUT2D eigenvalue weighted by Gasteiger charge is 2.42. The third-order valence-corrected chi connectivity index (χ3v) is 10.2. The highest BCUT2D eigenvalue weighted by atomic mass is 32.2. The Morgan fingerprint density at radius 3 is 2.68 bits per heavy atom. The highest BCUT2D eigenvalue weighted by molar-refractivity contribution is 7.89. The van der Waals surface area contributed by atoms with Crippen LogP contribution in [0.5, 0.6) is 0 Å². The summed E-state index contributed by atoms with van der Waals surface area (Å²) in [6.07, 6.45) is 9.04. The Bertz CT molecular complexity index is 1150. The van der Waals surface area contributed by atoms with Gasteiger partial charge >= 0.3 is 0 Å². The van der Waals surface area contributed by atoms with Crippen molar-refractivity contribution in [1.82, 2.24) is 19.2 Å². The van der Waals surface area contributed by atoms with Crippen molar-refractivity contribution in [3.63, 3.8) is 0 Å². The molecule has 2 saturated carbocycles. The van der Waals surface area contributed by atoms with Gasteiger partial charge in [0.25, 0.3) is 0 Å². The van der Waals surface area contributed by atoms with Crippen LogP contribution in [-0.4, -0.2) is 47.3 Å². The lowest BCUT2D eigenvalue weighted by Gasteiger charge is -2.28. The van der Waals surface area contributed by atoms with Crippen LogP contribution in [0, 0.1) is 17.8 Å². The second-order valence-electron chi connectivity index (χ2n) is 10.6. The van der Waals surface area contributed by atoms with E-state index in [1.54, 1.807) is 16.4 Å². The second-order valence-corrected chi connectivity index (χ2v) is 12.6. The minimum Gasteiger partial charge on any atom is -0.353 e. The van der Waals surface area contributed by atoms with E-state index in [4.69, 9.17) is 4.98 Å². The molecular formula is C26H38N4O3S. The molecule has 186 valence electrons. The zero-order chi connectivity index (χ0) is 23.9. The van der Waals surface area contributed by atoms with Gasteiger partial charge in [-0.2, -0.15) is 4.31 Å². The number of rotatable bonds is 9. The summed E-state index contributed by atoms with van der Waals surface area (Å²) in [6, 6.07) is 5.52. The van der Waals surface area contributed by atoms with Crippen LogP contribution in [0.15, 0.2) is 23.1 Å². The summed E-state index contributed by atoms with van der Waals surface area (Å²) in [5, 5.41) is 3.26. The molecule has 1 aliphatic heterocycles. The van der Waals surface area contributed by atoms with Crippen LogP contribution >= 0.6 is 0 Å². The minimum atomic E-state index is -3.48. The summed E-state index contributed by atoms with van der Waals surface area (Å²) >= 11 is 0. The molecule has 7 nitrogen and oxygen atoms in total. The number of nitrogens with zero attached hydrogens (tertiary/aromatic N) is 3. The van der Waals surface area contributed by atoms with Gasteiger partial charge < -0.3 is 9.88 Å². The maximum Gasteiger partial charge on any atom is 0.243 e. The van der Waals surface area contributed by atoms with Crippen molar-refractivity contribution in [2.24, 2.45) is 17.8 Å². The molecule has 2 bridgehead atoms. The molecule has 3 fully saturated rings. The van der Waals surface area contributed by atoms with Gasteiger partial charge in [0.2, 0.25) is 15.9 Å². The molecule has 1 saturated heterocycles. The third-order valence-electron chi connectivity index (χ3n) is 8.35. The zero-order valence-electron chi connectivity index (χ0n) is 20.5. The van der Waals surface area contributed by atoms with Gasteiger partial charge in [0.15, 0.2) is 0 Å². The monoisotopic (exact) mass is 486 g/mol. The fraction of sp³-hybridized carbons (Fsp3) is 0.692. The fourth-order valence-corrected chi connectivity index (χ4v) is 8.16. The summed E-state index contributed by atoms with van der Waals surface area (Å²) in [5.74, 6) is 3.24. The summed E-state index contributed by atoms with van der Waals surface area (Å²) in [5.41, 5.74) is 1.63. The van der Waals surface area contributed by atoms with Gasteiger partial charge in [0, 0.05) is 38.5 Å². The normalized spacial score (nSPS) is 25.9. The van der Waals surface area contributed by atoms with E-state index in [2.05, 4.69) is 23.7 Å². The van der Waals surface area contributed by atoms with E-state index < -0.39 is 10.0 Å². The summed E-state index contributed by atoms with van der Waals surface area (Å²) < 4.78 is 29.7. The summed E-state index contributed by atoms with van der Waals surface area (Å²) in [4.78, 5) is 17.9. The first-order valence-electron chi connectivity index (χ1n) is 13.2. The van der Waals surface area contributed by atoms with E-state index in [1.165, 1.54) is 25.7 Å². The lowest BCUT2D eigenvalue weighted by molar-refractivity contribution is -0.122. The van der Waals surface area contributed by atoms with E-state index in [1.807, 2.05) is 6.07 Å². The molecule has 1 amide bonds. The predicted molar refractivity (Wildman–Crippen MR) is 133 cm³/mol. The maximum absolute atomic E-state index is 13.0. The first-order valence-corrected chi connectivity index (χ1v) is 14.6. The van der Waals surface area contributed by atoms with E-state index in [0.29, 0.717) is 42.3 Å². The molecule has 1 aromatic heterocycles. The van der Waals surface area contributed by atoms with Crippen LogP contribution in [0.25, 0.3) is 11.0 Å². The number of amides is 1. The number of benzene rings is 1. The minimum absolute atomic E-state index is 0.0858. The van der Waals surface area contributed by atoms with Crippen molar-refractivity contribution in [1.29, 1.82) is 0 Å². The van der Waals surface area contributed by atoms with Gasteiger partial charge in [-0.05, 0) is 81.4 Å². The largest absolute Gasteiger partial charge is 0.353 e. The molecule has 8 heteroatoms. The summed E-state index contributed by atoms with van der Waals surface area (Å²) in [6.45, 7) is 6.26. The number of aryl methyl sites for hydroxylation is 2. The Labute approximate surface area is 203 Å². The molecular weight excluding hydrogens is 448 g/mol. The Morgan fingerprint density at radius 2 is 2.00 bits per heavy atom. The molecule has 2 heterocycles. The van der Waals surface area contributed by atoms with Crippen LogP contribution in [0.1, 0.15) is 71.0 Å². The van der Waals surface area contributed by atoms with Crippen LogP contribution in [-0.2, 0) is 27.8 Å². The maximum atomic E-state index is 13.0. The number of imidazole rings is 1. The van der Waals surface area contributed by atoms with Crippen molar-refractivity contribution in [2.75, 3.05) is 13.1 Å². The lowest BCUT2D eigenvalue weighted by atomic mass is 9.84. The van der Waals surface area contributed by atoms with Gasteiger partial charge in [-0.25, -0.2) is 13.4 Å². The van der Waals surface area contributed by atoms with E-state index in [9.17, 15) is 13.2 Å². The quantitative estimate of drug-likeness (QED) is 0.578. The number of hydrogen-bond acceptors (Lipinski definition) is 4. The van der Waals surface area contributed by atoms with E-state index >= 15 is 0 Å². The molecule has 2 aromatic rings. The molecule has 34 heavy (non-hydrogen) atoms. The molecule has 4 unspecified atom stereocenters. The Morgan fingerprint density at radius 1 is 1.21 bits per heavy atom. The standard InChI is InChI=1S/C26H38N4O3S/c1-3-12-30-24-9-8-21(34(32,33)29-13-4-5-14-29)17-23(24)28-25(30)10-11-26(31)27-18(2)22-16-19-6-7-20(22)15-19/h8-9,17-20,22H,3-7,10-16H2,1-2H3,(H,27,31).